The van der Waals surface area contributed by atoms with Gasteiger partial charge in [-0.3, -0.25) is 0 Å². The van der Waals surface area contributed by atoms with Crippen molar-refractivity contribution in [1.82, 2.24) is 4.57 Å². The molecule has 0 aliphatic heterocycles. The van der Waals surface area contributed by atoms with Crippen LogP contribution in [0.2, 0.25) is 5.02 Å². The maximum Gasteiger partial charge on any atom is 0.338 e. The van der Waals surface area contributed by atoms with Gasteiger partial charge >= 0.3 is 11.6 Å². The number of aromatic nitrogens is 1. The topological polar surface area (TPSA) is 70.7 Å². The third-order valence-electron chi connectivity index (χ3n) is 5.72. The van der Waals surface area contributed by atoms with Crippen LogP contribution in [0.25, 0.3) is 21.9 Å². The van der Waals surface area contributed by atoms with E-state index >= 15 is 0 Å². The molecular weight excluding hydrogens is 454 g/mol. The van der Waals surface area contributed by atoms with Gasteiger partial charge in [0.05, 0.1) is 11.3 Å². The van der Waals surface area contributed by atoms with E-state index in [0.29, 0.717) is 16.2 Å². The smallest absolute Gasteiger partial charge is 0.338 e. The second-order valence-electron chi connectivity index (χ2n) is 7.80. The van der Waals surface area contributed by atoms with Crippen LogP contribution in [0.5, 0.6) is 5.75 Å². The number of rotatable bonds is 6. The van der Waals surface area contributed by atoms with Crippen LogP contribution in [0.15, 0.2) is 88.1 Å². The molecule has 0 radical (unpaired) electrons. The number of aryl methyl sites for hydroxylation is 1. The fourth-order valence-corrected chi connectivity index (χ4v) is 4.26. The predicted molar refractivity (Wildman–Crippen MR) is 130 cm³/mol. The Labute approximate surface area is 199 Å². The van der Waals surface area contributed by atoms with Gasteiger partial charge in [-0.25, -0.2) is 9.59 Å². The first kappa shape index (κ1) is 21.8. The van der Waals surface area contributed by atoms with E-state index in [4.69, 9.17) is 25.5 Å². The van der Waals surface area contributed by atoms with Crippen molar-refractivity contribution in [3.05, 3.63) is 111 Å². The van der Waals surface area contributed by atoms with E-state index in [9.17, 15) is 9.59 Å². The van der Waals surface area contributed by atoms with Crippen molar-refractivity contribution in [2.45, 2.75) is 13.2 Å². The van der Waals surface area contributed by atoms with Gasteiger partial charge in [-0.15, -0.1) is 0 Å². The maximum absolute atomic E-state index is 12.7. The molecule has 6 nitrogen and oxygen atoms in total. The van der Waals surface area contributed by atoms with Gasteiger partial charge in [0.1, 0.15) is 24.5 Å². The number of carbonyl (C=O) groups excluding carboxylic acids is 1. The zero-order valence-corrected chi connectivity index (χ0v) is 19.0. The number of hydrogen-bond donors (Lipinski definition) is 0. The summed E-state index contributed by atoms with van der Waals surface area (Å²) in [4.78, 5) is 24.5. The molecule has 0 N–H and O–H groups in total. The first-order valence-corrected chi connectivity index (χ1v) is 11.0. The van der Waals surface area contributed by atoms with E-state index in [1.165, 1.54) is 6.07 Å². The Morgan fingerprint density at radius 3 is 2.59 bits per heavy atom. The molecule has 5 aromatic rings. The molecule has 0 saturated heterocycles. The van der Waals surface area contributed by atoms with Crippen LogP contribution in [0.3, 0.4) is 0 Å². The molecule has 2 heterocycles. The number of hydrogen-bond acceptors (Lipinski definition) is 5. The van der Waals surface area contributed by atoms with Crippen LogP contribution < -0.4 is 10.4 Å². The summed E-state index contributed by atoms with van der Waals surface area (Å²) in [5, 5.41) is 2.05. The van der Waals surface area contributed by atoms with Gasteiger partial charge in [0, 0.05) is 40.0 Å². The minimum Gasteiger partial charge on any atom is -0.487 e. The fraction of sp³-hybridized carbons (Fsp3) is 0.111. The van der Waals surface area contributed by atoms with Crippen molar-refractivity contribution >= 4 is 39.4 Å². The molecule has 0 unspecified atom stereocenters. The van der Waals surface area contributed by atoms with Crippen molar-refractivity contribution in [3.63, 3.8) is 0 Å². The maximum atomic E-state index is 12.7. The molecule has 7 heteroatoms. The Morgan fingerprint density at radius 1 is 0.971 bits per heavy atom. The molecule has 5 rings (SSSR count). The summed E-state index contributed by atoms with van der Waals surface area (Å²) in [6.45, 7) is 0.270. The van der Waals surface area contributed by atoms with Gasteiger partial charge in [-0.1, -0.05) is 35.9 Å². The molecule has 34 heavy (non-hydrogen) atoms. The molecule has 170 valence electrons. The summed E-state index contributed by atoms with van der Waals surface area (Å²) in [5.74, 6) is 0.242. The lowest BCUT2D eigenvalue weighted by Gasteiger charge is -2.11. The lowest BCUT2D eigenvalue weighted by molar-refractivity contribution is 0.0472. The second kappa shape index (κ2) is 9.08. The van der Waals surface area contributed by atoms with E-state index in [0.717, 1.165) is 33.3 Å². The highest BCUT2D eigenvalue weighted by molar-refractivity contribution is 6.30. The molecular formula is C27H20ClNO5. The Hall–Kier alpha value is -4.03. The van der Waals surface area contributed by atoms with Gasteiger partial charge in [-0.2, -0.15) is 0 Å². The van der Waals surface area contributed by atoms with Gasteiger partial charge in [-0.05, 0) is 48.5 Å². The number of carbonyl (C=O) groups is 1. The largest absolute Gasteiger partial charge is 0.487 e. The Kier molecular flexibility index (Phi) is 5.82. The molecule has 3 aromatic carbocycles. The summed E-state index contributed by atoms with van der Waals surface area (Å²) in [6.07, 6.45) is 0. The third kappa shape index (κ3) is 4.16. The predicted octanol–water partition coefficient (Wildman–Crippen LogP) is 5.87. The van der Waals surface area contributed by atoms with E-state index in [-0.39, 0.29) is 13.2 Å². The number of fused-ring (bicyclic) bond motifs is 3. The minimum atomic E-state index is -0.485. The van der Waals surface area contributed by atoms with E-state index in [1.54, 1.807) is 36.4 Å². The van der Waals surface area contributed by atoms with E-state index in [1.807, 2.05) is 48.0 Å². The van der Waals surface area contributed by atoms with Gasteiger partial charge in [0.2, 0.25) is 0 Å². The van der Waals surface area contributed by atoms with Crippen molar-refractivity contribution < 1.29 is 18.7 Å². The highest BCUT2D eigenvalue weighted by Crippen LogP contribution is 2.33. The van der Waals surface area contributed by atoms with Crippen LogP contribution in [0.4, 0.5) is 0 Å². The summed E-state index contributed by atoms with van der Waals surface area (Å²) in [5.41, 5.74) is 2.93. The number of nitrogens with zero attached hydrogens (tertiary/aromatic N) is 1. The summed E-state index contributed by atoms with van der Waals surface area (Å²) in [7, 11) is 1.93. The quantitative estimate of drug-likeness (QED) is 0.228. The molecule has 0 spiro atoms. The summed E-state index contributed by atoms with van der Waals surface area (Å²) < 4.78 is 19.1. The van der Waals surface area contributed by atoms with Gasteiger partial charge < -0.3 is 18.5 Å². The first-order valence-electron chi connectivity index (χ1n) is 10.6. The van der Waals surface area contributed by atoms with Crippen LogP contribution in [-0.4, -0.2) is 10.5 Å². The molecule has 0 atom stereocenters. The summed E-state index contributed by atoms with van der Waals surface area (Å²) >= 11 is 6.03. The van der Waals surface area contributed by atoms with E-state index < -0.39 is 11.6 Å². The molecule has 2 aromatic heterocycles. The molecule has 0 aliphatic rings. The van der Waals surface area contributed by atoms with Crippen LogP contribution in [-0.2, 0) is 25.0 Å². The Morgan fingerprint density at radius 2 is 1.79 bits per heavy atom. The van der Waals surface area contributed by atoms with E-state index in [2.05, 4.69) is 0 Å². The normalized spacial score (nSPS) is 11.1. The first-order chi connectivity index (χ1) is 16.5. The van der Waals surface area contributed by atoms with Crippen molar-refractivity contribution in [3.8, 4) is 5.75 Å². The van der Waals surface area contributed by atoms with Crippen molar-refractivity contribution in [2.24, 2.45) is 7.05 Å². The monoisotopic (exact) mass is 473 g/mol. The fourth-order valence-electron chi connectivity index (χ4n) is 4.07. The number of halogens is 1. The SMILES string of the molecule is Cn1c(COc2ccccc2)c(COC(=O)c2cccc(Cl)c2)c2c3ccc(=O)oc3ccc21. The number of esters is 1. The second-order valence-corrected chi connectivity index (χ2v) is 8.23. The van der Waals surface area contributed by atoms with Gasteiger partial charge in [0.15, 0.2) is 0 Å². The lowest BCUT2D eigenvalue weighted by atomic mass is 10.1. The average Bonchev–Trinajstić information content (AvgIpc) is 3.12. The standard InChI is InChI=1S/C27H20ClNO5/c1-29-22-11-12-24-20(10-13-25(30)34-24)26(22)21(23(29)16-32-19-8-3-2-4-9-19)15-33-27(31)17-6-5-7-18(28)14-17/h2-14H,15-16H2,1H3. The highest BCUT2D eigenvalue weighted by Gasteiger charge is 2.21. The molecule has 0 amide bonds. The Bertz CT molecular complexity index is 1570. The minimum absolute atomic E-state index is 0.00834. The van der Waals surface area contributed by atoms with Crippen molar-refractivity contribution in [2.75, 3.05) is 0 Å². The Balaban J connectivity index is 1.58. The van der Waals surface area contributed by atoms with Crippen LogP contribution in [0, 0.1) is 0 Å². The number of para-hydroxylation sites is 1. The van der Waals surface area contributed by atoms with Gasteiger partial charge in [0.25, 0.3) is 0 Å². The molecule has 0 aliphatic carbocycles. The zero-order chi connectivity index (χ0) is 23.7. The number of ether oxygens (including phenoxy) is 2. The highest BCUT2D eigenvalue weighted by atomic mass is 35.5. The zero-order valence-electron chi connectivity index (χ0n) is 18.3. The average molecular weight is 474 g/mol. The summed E-state index contributed by atoms with van der Waals surface area (Å²) in [6, 6.07) is 22.9. The number of benzene rings is 3. The molecule has 0 bridgehead atoms. The van der Waals surface area contributed by atoms with Crippen LogP contribution >= 0.6 is 11.6 Å². The lowest BCUT2D eigenvalue weighted by Crippen LogP contribution is -2.09. The third-order valence-corrected chi connectivity index (χ3v) is 5.96. The van der Waals surface area contributed by atoms with Crippen molar-refractivity contribution in [1.29, 1.82) is 0 Å². The van der Waals surface area contributed by atoms with Crippen LogP contribution in [0.1, 0.15) is 21.6 Å². The molecule has 0 fully saturated rings. The molecule has 0 saturated carbocycles.